The molecule has 19 heavy (non-hydrogen) atoms. The van der Waals surface area contributed by atoms with Crippen molar-refractivity contribution in [3.05, 3.63) is 57.6 Å². The van der Waals surface area contributed by atoms with Crippen LogP contribution >= 0.6 is 22.7 Å². The molecule has 1 unspecified atom stereocenters. The Balaban J connectivity index is 1.90. The lowest BCUT2D eigenvalue weighted by Crippen LogP contribution is -2.21. The molecule has 1 N–H and O–H groups in total. The van der Waals surface area contributed by atoms with Crippen LogP contribution in [0, 0.1) is 0 Å². The first-order valence-corrected chi connectivity index (χ1v) is 8.30. The van der Waals surface area contributed by atoms with Crippen molar-refractivity contribution in [1.29, 1.82) is 0 Å². The van der Waals surface area contributed by atoms with Crippen molar-refractivity contribution in [2.24, 2.45) is 0 Å². The molecule has 1 nitrogen and oxygen atoms in total. The molecule has 3 aromatic rings. The number of fused-ring (bicyclic) bond motifs is 1. The monoisotopic (exact) mass is 287 g/mol. The predicted molar refractivity (Wildman–Crippen MR) is 86.3 cm³/mol. The summed E-state index contributed by atoms with van der Waals surface area (Å²) < 4.78 is 1.38. The van der Waals surface area contributed by atoms with E-state index in [1.54, 1.807) is 0 Å². The van der Waals surface area contributed by atoms with Gasteiger partial charge in [-0.1, -0.05) is 31.2 Å². The lowest BCUT2D eigenvalue weighted by molar-refractivity contribution is 0.562. The van der Waals surface area contributed by atoms with Crippen LogP contribution in [0.5, 0.6) is 0 Å². The Kier molecular flexibility index (Phi) is 3.97. The first-order valence-electron chi connectivity index (χ1n) is 6.61. The molecule has 0 saturated heterocycles. The van der Waals surface area contributed by atoms with E-state index >= 15 is 0 Å². The van der Waals surface area contributed by atoms with Gasteiger partial charge >= 0.3 is 0 Å². The van der Waals surface area contributed by atoms with Crippen LogP contribution in [-0.2, 0) is 6.42 Å². The highest BCUT2D eigenvalue weighted by atomic mass is 32.1. The first kappa shape index (κ1) is 12.9. The highest BCUT2D eigenvalue weighted by Gasteiger charge is 2.14. The van der Waals surface area contributed by atoms with Crippen molar-refractivity contribution in [1.82, 2.24) is 5.32 Å². The third kappa shape index (κ3) is 2.89. The molecule has 0 radical (unpaired) electrons. The second-order valence-electron chi connectivity index (χ2n) is 4.58. The smallest absolute Gasteiger partial charge is 0.0463 e. The first-order chi connectivity index (χ1) is 9.36. The van der Waals surface area contributed by atoms with Gasteiger partial charge in [0.15, 0.2) is 0 Å². The van der Waals surface area contributed by atoms with Crippen molar-refractivity contribution in [2.45, 2.75) is 19.4 Å². The second kappa shape index (κ2) is 5.87. The van der Waals surface area contributed by atoms with E-state index in [1.807, 2.05) is 22.7 Å². The van der Waals surface area contributed by atoms with E-state index in [2.05, 4.69) is 60.1 Å². The van der Waals surface area contributed by atoms with Gasteiger partial charge in [0.05, 0.1) is 0 Å². The fourth-order valence-electron chi connectivity index (χ4n) is 2.32. The molecule has 0 aliphatic carbocycles. The Labute approximate surface area is 121 Å². The van der Waals surface area contributed by atoms with E-state index in [9.17, 15) is 0 Å². The summed E-state index contributed by atoms with van der Waals surface area (Å²) in [4.78, 5) is 2.89. The van der Waals surface area contributed by atoms with Crippen LogP contribution in [0.3, 0.4) is 0 Å². The normalized spacial score (nSPS) is 12.9. The van der Waals surface area contributed by atoms with Gasteiger partial charge in [0.25, 0.3) is 0 Å². The lowest BCUT2D eigenvalue weighted by atomic mass is 10.1. The average Bonchev–Trinajstić information content (AvgIpc) is 3.06. The highest BCUT2D eigenvalue weighted by molar-refractivity contribution is 7.19. The Morgan fingerprint density at radius 1 is 1.16 bits per heavy atom. The van der Waals surface area contributed by atoms with Crippen molar-refractivity contribution < 1.29 is 0 Å². The molecule has 0 spiro atoms. The number of rotatable bonds is 5. The summed E-state index contributed by atoms with van der Waals surface area (Å²) in [6.07, 6.45) is 1.08. The van der Waals surface area contributed by atoms with Gasteiger partial charge in [-0.05, 0) is 35.5 Å². The Morgan fingerprint density at radius 2 is 2.05 bits per heavy atom. The van der Waals surface area contributed by atoms with E-state index in [4.69, 9.17) is 0 Å². The molecule has 0 aliphatic rings. The van der Waals surface area contributed by atoms with E-state index in [0.29, 0.717) is 6.04 Å². The van der Waals surface area contributed by atoms with Gasteiger partial charge in [0.2, 0.25) is 0 Å². The maximum Gasteiger partial charge on any atom is 0.0463 e. The molecule has 3 rings (SSSR count). The van der Waals surface area contributed by atoms with E-state index in [1.165, 1.54) is 19.8 Å². The number of hydrogen-bond donors (Lipinski definition) is 1. The Bertz CT molecular complexity index is 607. The lowest BCUT2D eigenvalue weighted by Gasteiger charge is -2.15. The van der Waals surface area contributed by atoms with Gasteiger partial charge in [-0.25, -0.2) is 0 Å². The highest BCUT2D eigenvalue weighted by Crippen LogP contribution is 2.32. The topological polar surface area (TPSA) is 12.0 Å². The summed E-state index contributed by atoms with van der Waals surface area (Å²) in [5.41, 5.74) is 0. The maximum atomic E-state index is 3.62. The van der Waals surface area contributed by atoms with Gasteiger partial charge in [0.1, 0.15) is 0 Å². The van der Waals surface area contributed by atoms with Gasteiger partial charge in [-0.15, -0.1) is 22.7 Å². The molecule has 0 saturated carbocycles. The van der Waals surface area contributed by atoms with Crippen molar-refractivity contribution in [3.8, 4) is 0 Å². The minimum atomic E-state index is 0.432. The van der Waals surface area contributed by atoms with Crippen LogP contribution < -0.4 is 5.32 Å². The second-order valence-corrected chi connectivity index (χ2v) is 6.73. The molecule has 1 aromatic carbocycles. The van der Waals surface area contributed by atoms with Crippen LogP contribution in [0.4, 0.5) is 0 Å². The number of nitrogens with one attached hydrogen (secondary N) is 1. The van der Waals surface area contributed by atoms with Crippen molar-refractivity contribution in [3.63, 3.8) is 0 Å². The van der Waals surface area contributed by atoms with E-state index in [-0.39, 0.29) is 0 Å². The van der Waals surface area contributed by atoms with Crippen LogP contribution in [0.15, 0.2) is 47.8 Å². The average molecular weight is 287 g/mol. The molecule has 0 fully saturated rings. The van der Waals surface area contributed by atoms with Gasteiger partial charge in [0, 0.05) is 26.9 Å². The summed E-state index contributed by atoms with van der Waals surface area (Å²) in [5, 5.41) is 7.13. The molecule has 3 heteroatoms. The fraction of sp³-hybridized carbons (Fsp3) is 0.250. The van der Waals surface area contributed by atoms with E-state index < -0.39 is 0 Å². The van der Waals surface area contributed by atoms with E-state index in [0.717, 1.165) is 13.0 Å². The summed E-state index contributed by atoms with van der Waals surface area (Å²) in [7, 11) is 0. The summed E-state index contributed by atoms with van der Waals surface area (Å²) in [6.45, 7) is 3.18. The minimum absolute atomic E-state index is 0.432. The quantitative estimate of drug-likeness (QED) is 0.707. The molecule has 2 heterocycles. The predicted octanol–water partition coefficient (Wildman–Crippen LogP) is 4.86. The molecular formula is C16H17NS2. The maximum absolute atomic E-state index is 3.62. The van der Waals surface area contributed by atoms with Crippen LogP contribution in [0.2, 0.25) is 0 Å². The number of benzene rings is 1. The number of thiophene rings is 2. The van der Waals surface area contributed by atoms with Gasteiger partial charge in [-0.2, -0.15) is 0 Å². The van der Waals surface area contributed by atoms with Crippen molar-refractivity contribution in [2.75, 3.05) is 6.54 Å². The van der Waals surface area contributed by atoms with Gasteiger partial charge < -0.3 is 5.32 Å². The Morgan fingerprint density at radius 3 is 2.79 bits per heavy atom. The van der Waals surface area contributed by atoms with Crippen LogP contribution in [-0.4, -0.2) is 6.54 Å². The molecule has 98 valence electrons. The number of likely N-dealkylation sites (N-methyl/N-ethyl adjacent to an activating group) is 1. The van der Waals surface area contributed by atoms with Gasteiger partial charge in [-0.3, -0.25) is 0 Å². The zero-order valence-corrected chi connectivity index (χ0v) is 12.6. The SMILES string of the molecule is CCNC(Cc1cccs1)c1cc2ccccc2s1. The Hall–Kier alpha value is -1.16. The fourth-order valence-corrected chi connectivity index (χ4v) is 4.22. The van der Waals surface area contributed by atoms with Crippen molar-refractivity contribution >= 4 is 32.8 Å². The minimum Gasteiger partial charge on any atom is -0.309 e. The molecule has 0 amide bonds. The van der Waals surface area contributed by atoms with Crippen LogP contribution in [0.25, 0.3) is 10.1 Å². The summed E-state index contributed by atoms with van der Waals surface area (Å²) >= 11 is 3.75. The molecule has 0 aliphatic heterocycles. The van der Waals surface area contributed by atoms with Crippen LogP contribution in [0.1, 0.15) is 22.7 Å². The molecule has 2 aromatic heterocycles. The standard InChI is InChI=1S/C16H17NS2/c1-2-17-14(11-13-7-5-9-18-13)16-10-12-6-3-4-8-15(12)19-16/h3-10,14,17H,2,11H2,1H3. The summed E-state index contributed by atoms with van der Waals surface area (Å²) in [6, 6.07) is 15.8. The summed E-state index contributed by atoms with van der Waals surface area (Å²) in [5.74, 6) is 0. The molecule has 0 bridgehead atoms. The zero-order valence-electron chi connectivity index (χ0n) is 10.9. The number of hydrogen-bond acceptors (Lipinski definition) is 3. The zero-order chi connectivity index (χ0) is 13.1. The third-order valence-electron chi connectivity index (χ3n) is 3.22. The largest absolute Gasteiger partial charge is 0.309 e. The molecular weight excluding hydrogens is 270 g/mol. The molecule has 1 atom stereocenters. The third-order valence-corrected chi connectivity index (χ3v) is 5.35.